The topological polar surface area (TPSA) is 68.0 Å². The molecule has 1 aromatic carbocycles. The minimum atomic E-state index is -0.147. The quantitative estimate of drug-likeness (QED) is 0.589. The maximum absolute atomic E-state index is 12.3. The average molecular weight is 390 g/mol. The number of amides is 1. The number of fused-ring (bicyclic) bond motifs is 1. The highest BCUT2D eigenvalue weighted by Crippen LogP contribution is 2.30. The molecular weight excluding hydrogens is 370 g/mol. The fourth-order valence-electron chi connectivity index (χ4n) is 2.46. The van der Waals surface area contributed by atoms with Crippen LogP contribution in [0.3, 0.4) is 0 Å². The first kappa shape index (κ1) is 18.6. The number of hydrogen-bond donors (Lipinski definition) is 1. The average Bonchev–Trinajstić information content (AvgIpc) is 3.11. The van der Waals surface area contributed by atoms with E-state index in [9.17, 15) is 4.79 Å². The van der Waals surface area contributed by atoms with Gasteiger partial charge in [0.1, 0.15) is 10.5 Å². The van der Waals surface area contributed by atoms with Crippen LogP contribution in [0.15, 0.2) is 35.3 Å². The van der Waals surface area contributed by atoms with Crippen molar-refractivity contribution < 1.29 is 9.21 Å². The predicted octanol–water partition coefficient (Wildman–Crippen LogP) is 5.18. The highest BCUT2D eigenvalue weighted by atomic mass is 35.5. The molecule has 3 rings (SSSR count). The molecule has 0 aliphatic rings. The Morgan fingerprint density at radius 3 is 2.88 bits per heavy atom. The van der Waals surface area contributed by atoms with E-state index in [1.54, 1.807) is 6.92 Å². The van der Waals surface area contributed by atoms with Gasteiger partial charge in [-0.25, -0.2) is 4.98 Å². The first-order valence-corrected chi connectivity index (χ1v) is 9.36. The Morgan fingerprint density at radius 1 is 1.46 bits per heavy atom. The molecule has 0 radical (unpaired) electrons. The van der Waals surface area contributed by atoms with Crippen LogP contribution in [0, 0.1) is 12.3 Å². The van der Waals surface area contributed by atoms with Gasteiger partial charge in [-0.2, -0.15) is 4.37 Å². The lowest BCUT2D eigenvalue weighted by molar-refractivity contribution is -0.115. The van der Waals surface area contributed by atoms with Crippen LogP contribution in [0.25, 0.3) is 11.1 Å². The smallest absolute Gasteiger partial charge is 0.229 e. The van der Waals surface area contributed by atoms with Crippen molar-refractivity contribution in [2.24, 2.45) is 5.41 Å². The highest BCUT2D eigenvalue weighted by molar-refractivity contribution is 7.11. The minimum absolute atomic E-state index is 0.0876. The van der Waals surface area contributed by atoms with Gasteiger partial charge in [0, 0.05) is 6.42 Å². The third-order valence-corrected chi connectivity index (χ3v) is 5.49. The standard InChI is InChI=1S/C19H20ClN3O2S/c1-5-19(3,4)10-16-21-13-8-12(6-7-14(13)25-16)9-15(24)22-18-17(20)11(2)23-26-18/h5-8H,1,9-10H2,2-4H3,(H,22,24). The largest absolute Gasteiger partial charge is 0.441 e. The molecule has 1 amide bonds. The Hall–Kier alpha value is -2.18. The van der Waals surface area contributed by atoms with Crippen LogP contribution in [0.4, 0.5) is 5.00 Å². The summed E-state index contributed by atoms with van der Waals surface area (Å²) in [6, 6.07) is 5.59. The van der Waals surface area contributed by atoms with Crippen LogP contribution in [0.5, 0.6) is 0 Å². The number of nitrogens with zero attached hydrogens (tertiary/aromatic N) is 2. The van der Waals surface area contributed by atoms with Crippen LogP contribution in [0.1, 0.15) is 31.0 Å². The van der Waals surface area contributed by atoms with Crippen LogP contribution in [0.2, 0.25) is 5.02 Å². The molecule has 0 saturated heterocycles. The Bertz CT molecular complexity index is 974. The zero-order valence-corrected chi connectivity index (χ0v) is 16.5. The Balaban J connectivity index is 1.73. The van der Waals surface area contributed by atoms with Gasteiger partial charge in [0.25, 0.3) is 0 Å². The number of carbonyl (C=O) groups excluding carboxylic acids is 1. The number of oxazole rings is 1. The van der Waals surface area contributed by atoms with Crippen molar-refractivity contribution in [3.05, 3.63) is 53.0 Å². The van der Waals surface area contributed by atoms with Crippen molar-refractivity contribution in [1.29, 1.82) is 0 Å². The number of nitrogens with one attached hydrogen (secondary N) is 1. The molecule has 136 valence electrons. The molecule has 7 heteroatoms. The first-order valence-electron chi connectivity index (χ1n) is 8.21. The van der Waals surface area contributed by atoms with Crippen LogP contribution in [-0.2, 0) is 17.6 Å². The Kier molecular flexibility index (Phi) is 5.16. The Morgan fingerprint density at radius 2 is 2.23 bits per heavy atom. The number of carbonyl (C=O) groups is 1. The summed E-state index contributed by atoms with van der Waals surface area (Å²) < 4.78 is 9.92. The lowest BCUT2D eigenvalue weighted by atomic mass is 9.90. The van der Waals surface area contributed by atoms with Gasteiger partial charge in [0.2, 0.25) is 5.91 Å². The number of aromatic nitrogens is 2. The minimum Gasteiger partial charge on any atom is -0.441 e. The van der Waals surface area contributed by atoms with Crippen LogP contribution in [-0.4, -0.2) is 15.3 Å². The molecule has 1 N–H and O–H groups in total. The molecule has 0 unspecified atom stereocenters. The van der Waals surface area contributed by atoms with Crippen molar-refractivity contribution in [2.45, 2.75) is 33.6 Å². The second kappa shape index (κ2) is 7.21. The number of hydrogen-bond acceptors (Lipinski definition) is 5. The number of allylic oxidation sites excluding steroid dienone is 1. The number of benzene rings is 1. The molecule has 5 nitrogen and oxygen atoms in total. The van der Waals surface area contributed by atoms with Gasteiger partial charge in [-0.3, -0.25) is 4.79 Å². The fourth-order valence-corrected chi connectivity index (χ4v) is 3.41. The molecule has 0 bridgehead atoms. The maximum atomic E-state index is 12.3. The third-order valence-electron chi connectivity index (χ3n) is 4.06. The lowest BCUT2D eigenvalue weighted by Gasteiger charge is -2.16. The highest BCUT2D eigenvalue weighted by Gasteiger charge is 2.18. The molecule has 3 aromatic rings. The van der Waals surface area contributed by atoms with Gasteiger partial charge in [-0.05, 0) is 41.6 Å². The molecule has 0 saturated carbocycles. The van der Waals surface area contributed by atoms with Crippen molar-refractivity contribution >= 4 is 45.1 Å². The monoisotopic (exact) mass is 389 g/mol. The van der Waals surface area contributed by atoms with Gasteiger partial charge in [0.15, 0.2) is 11.5 Å². The number of rotatable bonds is 6. The van der Waals surface area contributed by atoms with Crippen molar-refractivity contribution in [1.82, 2.24) is 9.36 Å². The van der Waals surface area contributed by atoms with E-state index in [2.05, 4.69) is 35.1 Å². The zero-order chi connectivity index (χ0) is 18.9. The van der Waals surface area contributed by atoms with Gasteiger partial charge < -0.3 is 9.73 Å². The first-order chi connectivity index (χ1) is 12.3. The number of anilines is 1. The fraction of sp³-hybridized carbons (Fsp3) is 0.316. The summed E-state index contributed by atoms with van der Waals surface area (Å²) in [5.41, 5.74) is 2.94. The third kappa shape index (κ3) is 4.14. The van der Waals surface area contributed by atoms with Gasteiger partial charge in [0.05, 0.1) is 17.1 Å². The molecule has 26 heavy (non-hydrogen) atoms. The predicted molar refractivity (Wildman–Crippen MR) is 106 cm³/mol. The summed E-state index contributed by atoms with van der Waals surface area (Å²) in [5, 5.41) is 3.87. The van der Waals surface area contributed by atoms with E-state index >= 15 is 0 Å². The molecule has 0 aliphatic carbocycles. The maximum Gasteiger partial charge on any atom is 0.229 e. The SMILES string of the molecule is C=CC(C)(C)Cc1nc2cc(CC(=O)Nc3snc(C)c3Cl)ccc2o1. The normalized spacial score (nSPS) is 11.7. The number of halogens is 1. The summed E-state index contributed by atoms with van der Waals surface area (Å²) in [5.74, 6) is 0.518. The second-order valence-corrected chi connectivity index (χ2v) is 8.07. The molecule has 0 fully saturated rings. The van der Waals surface area contributed by atoms with Crippen molar-refractivity contribution in [3.8, 4) is 0 Å². The van der Waals surface area contributed by atoms with Crippen LogP contribution < -0.4 is 5.32 Å². The molecule has 2 heterocycles. The number of aryl methyl sites for hydroxylation is 1. The van der Waals surface area contributed by atoms with E-state index in [1.165, 1.54) is 11.5 Å². The summed E-state index contributed by atoms with van der Waals surface area (Å²) in [6.45, 7) is 9.81. The van der Waals surface area contributed by atoms with Crippen molar-refractivity contribution in [3.63, 3.8) is 0 Å². The summed E-state index contributed by atoms with van der Waals surface area (Å²) in [4.78, 5) is 16.8. The lowest BCUT2D eigenvalue weighted by Crippen LogP contribution is -2.13. The summed E-state index contributed by atoms with van der Waals surface area (Å²) in [6.07, 6.45) is 2.79. The van der Waals surface area contributed by atoms with Gasteiger partial charge in [-0.1, -0.05) is 37.6 Å². The molecule has 0 atom stereocenters. The van der Waals surface area contributed by atoms with E-state index in [0.29, 0.717) is 33.6 Å². The zero-order valence-electron chi connectivity index (χ0n) is 14.9. The molecular formula is C19H20ClN3O2S. The van der Waals surface area contributed by atoms with E-state index < -0.39 is 0 Å². The molecule has 0 spiro atoms. The van der Waals surface area contributed by atoms with Crippen LogP contribution >= 0.6 is 23.1 Å². The van der Waals surface area contributed by atoms with Gasteiger partial charge in [-0.15, -0.1) is 6.58 Å². The van der Waals surface area contributed by atoms with Crippen molar-refractivity contribution in [2.75, 3.05) is 5.32 Å². The summed E-state index contributed by atoms with van der Waals surface area (Å²) >= 11 is 7.28. The second-order valence-electron chi connectivity index (χ2n) is 6.92. The molecule has 2 aromatic heterocycles. The van der Waals surface area contributed by atoms with E-state index in [1.807, 2.05) is 24.3 Å². The van der Waals surface area contributed by atoms with E-state index in [4.69, 9.17) is 16.0 Å². The van der Waals surface area contributed by atoms with E-state index in [-0.39, 0.29) is 17.7 Å². The molecule has 0 aliphatic heterocycles. The Labute approximate surface area is 161 Å². The van der Waals surface area contributed by atoms with E-state index in [0.717, 1.165) is 11.1 Å². The summed E-state index contributed by atoms with van der Waals surface area (Å²) in [7, 11) is 0. The van der Waals surface area contributed by atoms with Gasteiger partial charge >= 0.3 is 0 Å².